The van der Waals surface area contributed by atoms with Gasteiger partial charge in [0.25, 0.3) is 0 Å². The van der Waals surface area contributed by atoms with E-state index in [1.807, 2.05) is 0 Å². The predicted octanol–water partition coefficient (Wildman–Crippen LogP) is 13.4. The van der Waals surface area contributed by atoms with Crippen LogP contribution in [0.4, 0.5) is 0 Å². The van der Waals surface area contributed by atoms with E-state index in [-0.39, 0.29) is 0 Å². The van der Waals surface area contributed by atoms with Crippen LogP contribution in [0.1, 0.15) is 22.3 Å². The van der Waals surface area contributed by atoms with Gasteiger partial charge in [0, 0.05) is 21.2 Å². The molecule has 0 saturated heterocycles. The van der Waals surface area contributed by atoms with E-state index in [0.29, 0.717) is 0 Å². The van der Waals surface area contributed by atoms with Crippen LogP contribution in [0.5, 0.6) is 0 Å². The van der Waals surface area contributed by atoms with Crippen molar-refractivity contribution in [2.75, 3.05) is 0 Å². The summed E-state index contributed by atoms with van der Waals surface area (Å²) in [6.45, 7) is 0. The van der Waals surface area contributed by atoms with Crippen molar-refractivity contribution in [1.82, 2.24) is 9.97 Å². The van der Waals surface area contributed by atoms with Gasteiger partial charge in [-0.1, -0.05) is 176 Å². The van der Waals surface area contributed by atoms with E-state index < -0.39 is 5.41 Å². The van der Waals surface area contributed by atoms with Crippen LogP contribution in [-0.2, 0) is 5.41 Å². The maximum Gasteiger partial charge on any atom is 0.161 e. The Balaban J connectivity index is 1.29. The summed E-state index contributed by atoms with van der Waals surface area (Å²) in [5.41, 5.74) is 13.3. The molecular formula is C51H32N2S. The molecule has 0 aliphatic heterocycles. The van der Waals surface area contributed by atoms with Gasteiger partial charge in [0.1, 0.15) is 0 Å². The zero-order chi connectivity index (χ0) is 35.6. The topological polar surface area (TPSA) is 25.8 Å². The monoisotopic (exact) mass is 704 g/mol. The van der Waals surface area contributed by atoms with Gasteiger partial charge in [-0.25, -0.2) is 9.97 Å². The molecule has 252 valence electrons. The van der Waals surface area contributed by atoms with Gasteiger partial charge in [-0.3, -0.25) is 0 Å². The molecular weight excluding hydrogens is 673 g/mol. The van der Waals surface area contributed by atoms with E-state index >= 15 is 0 Å². The molecule has 0 unspecified atom stereocenters. The number of fused-ring (bicyclic) bond motifs is 7. The lowest BCUT2D eigenvalue weighted by Crippen LogP contribution is -2.28. The fourth-order valence-electron chi connectivity index (χ4n) is 8.86. The van der Waals surface area contributed by atoms with Crippen molar-refractivity contribution in [2.45, 2.75) is 5.41 Å². The molecule has 2 nitrogen and oxygen atoms in total. The standard InChI is InChI=1S/C51H32N2S/c1-4-17-34(18-5-1)41-31-42-38-26-12-14-29-44(38)51(35-21-6-2-7-22-35,36-23-8-3-9-24-36)45(42)32-43(41)50-52-47(39-28-16-20-33-19-10-11-25-37(33)39)49-48(53-50)40-27-13-15-30-46(40)54-49/h1-32H. The fraction of sp³-hybridized carbons (Fsp3) is 0.0196. The Morgan fingerprint density at radius 2 is 1.02 bits per heavy atom. The van der Waals surface area contributed by atoms with E-state index in [9.17, 15) is 0 Å². The molecule has 11 rings (SSSR count). The average molecular weight is 705 g/mol. The third-order valence-electron chi connectivity index (χ3n) is 11.2. The molecule has 2 aromatic heterocycles. The summed E-state index contributed by atoms with van der Waals surface area (Å²) in [6.07, 6.45) is 0. The van der Waals surface area contributed by atoms with Gasteiger partial charge in [-0.15, -0.1) is 11.3 Å². The van der Waals surface area contributed by atoms with Crippen molar-refractivity contribution in [2.24, 2.45) is 0 Å². The summed E-state index contributed by atoms with van der Waals surface area (Å²) in [4.78, 5) is 11.2. The summed E-state index contributed by atoms with van der Waals surface area (Å²) in [6, 6.07) is 70.3. The third kappa shape index (κ3) is 4.52. The second-order valence-electron chi connectivity index (χ2n) is 14.0. The lowest BCUT2D eigenvalue weighted by molar-refractivity contribution is 0.768. The normalized spacial score (nSPS) is 13.0. The van der Waals surface area contributed by atoms with Crippen LogP contribution in [-0.4, -0.2) is 9.97 Å². The minimum absolute atomic E-state index is 0.546. The SMILES string of the molecule is c1ccc(-c2cc3c(cc2-c2nc(-c4cccc5ccccc45)c4sc5ccccc5c4n2)C(c2ccccc2)(c2ccccc2)c2ccccc2-3)cc1. The Hall–Kier alpha value is -6.68. The molecule has 0 radical (unpaired) electrons. The molecule has 54 heavy (non-hydrogen) atoms. The second-order valence-corrected chi connectivity index (χ2v) is 15.1. The molecule has 0 N–H and O–H groups in total. The summed E-state index contributed by atoms with van der Waals surface area (Å²) < 4.78 is 2.31. The molecule has 0 amide bonds. The Kier molecular flexibility index (Phi) is 6.98. The maximum absolute atomic E-state index is 5.64. The molecule has 0 atom stereocenters. The number of rotatable bonds is 5. The minimum atomic E-state index is -0.546. The maximum atomic E-state index is 5.64. The minimum Gasteiger partial charge on any atom is -0.226 e. The van der Waals surface area contributed by atoms with Crippen LogP contribution >= 0.6 is 11.3 Å². The first-order valence-electron chi connectivity index (χ1n) is 18.4. The second kappa shape index (κ2) is 12.2. The van der Waals surface area contributed by atoms with Gasteiger partial charge in [0.15, 0.2) is 5.82 Å². The smallest absolute Gasteiger partial charge is 0.161 e. The zero-order valence-corrected chi connectivity index (χ0v) is 30.1. The van der Waals surface area contributed by atoms with Crippen LogP contribution in [0, 0.1) is 0 Å². The Morgan fingerprint density at radius 1 is 0.407 bits per heavy atom. The lowest BCUT2D eigenvalue weighted by atomic mass is 9.67. The van der Waals surface area contributed by atoms with E-state index in [1.165, 1.54) is 48.9 Å². The van der Waals surface area contributed by atoms with Gasteiger partial charge < -0.3 is 0 Å². The van der Waals surface area contributed by atoms with Gasteiger partial charge in [-0.2, -0.15) is 0 Å². The number of benzene rings is 8. The number of hydrogen-bond donors (Lipinski definition) is 0. The summed E-state index contributed by atoms with van der Waals surface area (Å²) >= 11 is 1.78. The first-order chi connectivity index (χ1) is 26.8. The van der Waals surface area contributed by atoms with Gasteiger partial charge in [0.2, 0.25) is 0 Å². The molecule has 8 aromatic carbocycles. The Bertz CT molecular complexity index is 2990. The van der Waals surface area contributed by atoms with Crippen LogP contribution < -0.4 is 0 Å². The van der Waals surface area contributed by atoms with Crippen molar-refractivity contribution in [3.8, 4) is 44.9 Å². The van der Waals surface area contributed by atoms with Crippen LogP contribution in [0.3, 0.4) is 0 Å². The first-order valence-corrected chi connectivity index (χ1v) is 19.2. The quantitative estimate of drug-likeness (QED) is 0.178. The van der Waals surface area contributed by atoms with E-state index in [2.05, 4.69) is 194 Å². The van der Waals surface area contributed by atoms with Gasteiger partial charge in [-0.05, 0) is 73.5 Å². The Labute approximate surface area is 317 Å². The van der Waals surface area contributed by atoms with Crippen molar-refractivity contribution < 1.29 is 0 Å². The molecule has 10 aromatic rings. The number of hydrogen-bond acceptors (Lipinski definition) is 3. The molecule has 2 heterocycles. The molecule has 0 bridgehead atoms. The highest BCUT2D eigenvalue weighted by Gasteiger charge is 2.46. The van der Waals surface area contributed by atoms with E-state index in [0.717, 1.165) is 49.4 Å². The lowest BCUT2D eigenvalue weighted by Gasteiger charge is -2.34. The molecule has 0 spiro atoms. The van der Waals surface area contributed by atoms with Crippen molar-refractivity contribution in [1.29, 1.82) is 0 Å². The van der Waals surface area contributed by atoms with E-state index in [4.69, 9.17) is 9.97 Å². The molecule has 3 heteroatoms. The number of thiophene rings is 1. The average Bonchev–Trinajstić information content (AvgIpc) is 3.77. The summed E-state index contributed by atoms with van der Waals surface area (Å²) in [5, 5.41) is 3.53. The number of aromatic nitrogens is 2. The number of nitrogens with zero attached hydrogens (tertiary/aromatic N) is 2. The zero-order valence-electron chi connectivity index (χ0n) is 29.3. The molecule has 0 fully saturated rings. The highest BCUT2D eigenvalue weighted by molar-refractivity contribution is 7.26. The third-order valence-corrected chi connectivity index (χ3v) is 12.4. The molecule has 1 aliphatic carbocycles. The molecule has 0 saturated carbocycles. The van der Waals surface area contributed by atoms with Crippen LogP contribution in [0.25, 0.3) is 76.0 Å². The summed E-state index contributed by atoms with van der Waals surface area (Å²) in [5.74, 6) is 0.724. The molecule has 1 aliphatic rings. The summed E-state index contributed by atoms with van der Waals surface area (Å²) in [7, 11) is 0. The highest BCUT2D eigenvalue weighted by atomic mass is 32.1. The highest BCUT2D eigenvalue weighted by Crippen LogP contribution is 2.58. The van der Waals surface area contributed by atoms with Crippen LogP contribution in [0.2, 0.25) is 0 Å². The van der Waals surface area contributed by atoms with Crippen molar-refractivity contribution in [3.63, 3.8) is 0 Å². The van der Waals surface area contributed by atoms with Crippen LogP contribution in [0.15, 0.2) is 194 Å². The van der Waals surface area contributed by atoms with Crippen molar-refractivity contribution in [3.05, 3.63) is 216 Å². The fourth-order valence-corrected chi connectivity index (χ4v) is 10.0. The van der Waals surface area contributed by atoms with Crippen molar-refractivity contribution >= 4 is 42.4 Å². The first kappa shape index (κ1) is 30.9. The predicted molar refractivity (Wildman–Crippen MR) is 226 cm³/mol. The van der Waals surface area contributed by atoms with Gasteiger partial charge >= 0.3 is 0 Å². The van der Waals surface area contributed by atoms with Gasteiger partial charge in [0.05, 0.1) is 21.3 Å². The largest absolute Gasteiger partial charge is 0.226 e. The van der Waals surface area contributed by atoms with E-state index in [1.54, 1.807) is 11.3 Å². The Morgan fingerprint density at radius 3 is 1.80 bits per heavy atom.